The third-order valence-corrected chi connectivity index (χ3v) is 3.67. The van der Waals surface area contributed by atoms with Gasteiger partial charge in [0, 0.05) is 0 Å². The monoisotopic (exact) mass is 278 g/mol. The lowest BCUT2D eigenvalue weighted by Gasteiger charge is -2.36. The summed E-state index contributed by atoms with van der Waals surface area (Å²) in [5.41, 5.74) is 0.394. The van der Waals surface area contributed by atoms with Crippen LogP contribution >= 0.6 is 0 Å². The summed E-state index contributed by atoms with van der Waals surface area (Å²) in [6.07, 6.45) is 5.26. The zero-order valence-electron chi connectivity index (χ0n) is 12.3. The third-order valence-electron chi connectivity index (χ3n) is 3.67. The Balaban J connectivity index is 1.83. The van der Waals surface area contributed by atoms with E-state index in [-0.39, 0.29) is 5.91 Å². The Kier molecular flexibility index (Phi) is 4.54. The second-order valence-electron chi connectivity index (χ2n) is 5.94. The number of rotatable bonds is 4. The number of piperidine rings is 1. The van der Waals surface area contributed by atoms with Crippen LogP contribution in [0.2, 0.25) is 0 Å². The molecule has 1 aromatic rings. The van der Waals surface area contributed by atoms with Gasteiger partial charge in [-0.3, -0.25) is 14.7 Å². The lowest BCUT2D eigenvalue weighted by Crippen LogP contribution is -2.41. The molecule has 2 heterocycles. The number of anilines is 1. The van der Waals surface area contributed by atoms with E-state index in [1.807, 2.05) is 0 Å². The molecule has 1 aromatic heterocycles. The zero-order valence-corrected chi connectivity index (χ0v) is 12.3. The molecule has 6 nitrogen and oxygen atoms in total. The van der Waals surface area contributed by atoms with Crippen molar-refractivity contribution >= 4 is 11.7 Å². The van der Waals surface area contributed by atoms with Crippen LogP contribution in [0.4, 0.5) is 5.82 Å². The molecular weight excluding hydrogens is 256 g/mol. The maximum absolute atomic E-state index is 12.0. The van der Waals surface area contributed by atoms with E-state index in [9.17, 15) is 4.79 Å². The van der Waals surface area contributed by atoms with Crippen LogP contribution in [-0.2, 0) is 4.79 Å². The number of ether oxygens (including phenoxy) is 1. The molecule has 0 saturated carbocycles. The molecule has 0 radical (unpaired) electrons. The first-order valence-corrected chi connectivity index (χ1v) is 6.87. The standard InChI is InChI=1S/C14H22N4O2/c1-14(2)4-6-18(7-5-14)10-12(19)16-11-8-15-9-13(17-11)20-3/h8-9H,4-7,10H2,1-3H3,(H,16,17,19). The van der Waals surface area contributed by atoms with Gasteiger partial charge in [0.2, 0.25) is 11.8 Å². The van der Waals surface area contributed by atoms with Crippen LogP contribution in [0.1, 0.15) is 26.7 Å². The minimum absolute atomic E-state index is 0.0627. The van der Waals surface area contributed by atoms with Crippen molar-refractivity contribution in [1.29, 1.82) is 0 Å². The molecule has 0 aromatic carbocycles. The van der Waals surface area contributed by atoms with E-state index in [0.717, 1.165) is 25.9 Å². The molecule has 1 N–H and O–H groups in total. The highest BCUT2D eigenvalue weighted by molar-refractivity contribution is 5.91. The van der Waals surface area contributed by atoms with Gasteiger partial charge < -0.3 is 10.1 Å². The summed E-state index contributed by atoms with van der Waals surface area (Å²) in [6, 6.07) is 0. The van der Waals surface area contributed by atoms with E-state index in [1.54, 1.807) is 0 Å². The molecule has 1 amide bonds. The summed E-state index contributed by atoms with van der Waals surface area (Å²) < 4.78 is 4.97. The first-order chi connectivity index (χ1) is 9.48. The summed E-state index contributed by atoms with van der Waals surface area (Å²) in [4.78, 5) is 22.2. The maximum atomic E-state index is 12.0. The summed E-state index contributed by atoms with van der Waals surface area (Å²) in [5, 5.41) is 2.75. The van der Waals surface area contributed by atoms with Crippen LogP contribution < -0.4 is 10.1 Å². The molecular formula is C14H22N4O2. The van der Waals surface area contributed by atoms with E-state index in [4.69, 9.17) is 4.74 Å². The Morgan fingerprint density at radius 1 is 1.40 bits per heavy atom. The van der Waals surface area contributed by atoms with Gasteiger partial charge >= 0.3 is 0 Å². The van der Waals surface area contributed by atoms with Crippen molar-refractivity contribution in [3.63, 3.8) is 0 Å². The van der Waals surface area contributed by atoms with Crippen LogP contribution in [0.3, 0.4) is 0 Å². The van der Waals surface area contributed by atoms with E-state index in [0.29, 0.717) is 23.7 Å². The van der Waals surface area contributed by atoms with Crippen molar-refractivity contribution in [1.82, 2.24) is 14.9 Å². The van der Waals surface area contributed by atoms with Gasteiger partial charge in [-0.05, 0) is 31.3 Å². The molecule has 6 heteroatoms. The van der Waals surface area contributed by atoms with Gasteiger partial charge in [0.1, 0.15) is 0 Å². The molecule has 110 valence electrons. The number of hydrogen-bond acceptors (Lipinski definition) is 5. The fourth-order valence-corrected chi connectivity index (χ4v) is 2.21. The van der Waals surface area contributed by atoms with Crippen LogP contribution in [0.5, 0.6) is 5.88 Å². The highest BCUT2D eigenvalue weighted by Crippen LogP contribution is 2.29. The topological polar surface area (TPSA) is 67.3 Å². The van der Waals surface area contributed by atoms with Gasteiger partial charge in [0.25, 0.3) is 0 Å². The quantitative estimate of drug-likeness (QED) is 0.905. The van der Waals surface area contributed by atoms with Crippen molar-refractivity contribution in [3.8, 4) is 5.88 Å². The average molecular weight is 278 g/mol. The molecule has 1 aliphatic heterocycles. The molecule has 0 unspecified atom stereocenters. The Hall–Kier alpha value is -1.69. The Bertz CT molecular complexity index is 466. The SMILES string of the molecule is COc1cncc(NC(=O)CN2CCC(C)(C)CC2)n1. The van der Waals surface area contributed by atoms with Gasteiger partial charge in [0.15, 0.2) is 5.82 Å². The number of likely N-dealkylation sites (tertiary alicyclic amines) is 1. The molecule has 20 heavy (non-hydrogen) atoms. The molecule has 0 aliphatic carbocycles. The second-order valence-corrected chi connectivity index (χ2v) is 5.94. The molecule has 1 fully saturated rings. The number of hydrogen-bond donors (Lipinski definition) is 1. The maximum Gasteiger partial charge on any atom is 0.239 e. The van der Waals surface area contributed by atoms with Crippen molar-refractivity contribution < 1.29 is 9.53 Å². The number of carbonyl (C=O) groups excluding carboxylic acids is 1. The van der Waals surface area contributed by atoms with E-state index in [2.05, 4.69) is 34.0 Å². The Morgan fingerprint density at radius 2 is 2.10 bits per heavy atom. The van der Waals surface area contributed by atoms with Crippen LogP contribution in [0.15, 0.2) is 12.4 Å². The van der Waals surface area contributed by atoms with E-state index in [1.165, 1.54) is 19.5 Å². The number of amides is 1. The Labute approximate surface area is 119 Å². The van der Waals surface area contributed by atoms with Gasteiger partial charge in [-0.1, -0.05) is 13.8 Å². The van der Waals surface area contributed by atoms with Crippen LogP contribution in [0.25, 0.3) is 0 Å². The molecule has 1 saturated heterocycles. The molecule has 2 rings (SSSR count). The van der Waals surface area contributed by atoms with Gasteiger partial charge in [-0.25, -0.2) is 0 Å². The number of nitrogens with one attached hydrogen (secondary N) is 1. The molecule has 1 aliphatic rings. The normalized spacial score (nSPS) is 18.6. The van der Waals surface area contributed by atoms with Crippen molar-refractivity contribution in [2.24, 2.45) is 5.41 Å². The third kappa shape index (κ3) is 4.16. The number of carbonyl (C=O) groups is 1. The van der Waals surface area contributed by atoms with Crippen molar-refractivity contribution in [3.05, 3.63) is 12.4 Å². The second kappa shape index (κ2) is 6.17. The molecule has 0 atom stereocenters. The average Bonchev–Trinajstić information content (AvgIpc) is 2.41. The zero-order chi connectivity index (χ0) is 14.6. The smallest absolute Gasteiger partial charge is 0.239 e. The summed E-state index contributed by atoms with van der Waals surface area (Å²) >= 11 is 0. The first-order valence-electron chi connectivity index (χ1n) is 6.87. The Morgan fingerprint density at radius 3 is 2.75 bits per heavy atom. The summed E-state index contributed by atoms with van der Waals surface area (Å²) in [5.74, 6) is 0.751. The predicted octanol–water partition coefficient (Wildman–Crippen LogP) is 1.55. The summed E-state index contributed by atoms with van der Waals surface area (Å²) in [7, 11) is 1.52. The fourth-order valence-electron chi connectivity index (χ4n) is 2.21. The van der Waals surface area contributed by atoms with Crippen LogP contribution in [-0.4, -0.2) is 47.5 Å². The molecule has 0 spiro atoms. The van der Waals surface area contributed by atoms with Gasteiger partial charge in [0.05, 0.1) is 26.0 Å². The lowest BCUT2D eigenvalue weighted by atomic mass is 9.83. The largest absolute Gasteiger partial charge is 0.480 e. The van der Waals surface area contributed by atoms with Crippen molar-refractivity contribution in [2.75, 3.05) is 32.1 Å². The van der Waals surface area contributed by atoms with Crippen molar-refractivity contribution in [2.45, 2.75) is 26.7 Å². The predicted molar refractivity (Wildman–Crippen MR) is 76.7 cm³/mol. The fraction of sp³-hybridized carbons (Fsp3) is 0.643. The highest BCUT2D eigenvalue weighted by Gasteiger charge is 2.26. The summed E-state index contributed by atoms with van der Waals surface area (Å²) in [6.45, 7) is 6.87. The van der Waals surface area contributed by atoms with Gasteiger partial charge in [-0.2, -0.15) is 4.98 Å². The van der Waals surface area contributed by atoms with Crippen LogP contribution in [0, 0.1) is 5.41 Å². The number of aromatic nitrogens is 2. The minimum Gasteiger partial charge on any atom is -0.480 e. The number of methoxy groups -OCH3 is 1. The van der Waals surface area contributed by atoms with E-state index < -0.39 is 0 Å². The minimum atomic E-state index is -0.0627. The first kappa shape index (κ1) is 14.7. The van der Waals surface area contributed by atoms with Gasteiger partial charge in [-0.15, -0.1) is 0 Å². The number of nitrogens with zero attached hydrogens (tertiary/aromatic N) is 3. The molecule has 0 bridgehead atoms. The van der Waals surface area contributed by atoms with E-state index >= 15 is 0 Å². The highest BCUT2D eigenvalue weighted by atomic mass is 16.5. The lowest BCUT2D eigenvalue weighted by molar-refractivity contribution is -0.117.